The lowest BCUT2D eigenvalue weighted by atomic mass is 10.0. The summed E-state index contributed by atoms with van der Waals surface area (Å²) in [7, 11) is 0. The summed E-state index contributed by atoms with van der Waals surface area (Å²) < 4.78 is 14.1. The summed E-state index contributed by atoms with van der Waals surface area (Å²) in [5.74, 6) is -0.884. The van der Waals surface area contributed by atoms with Crippen LogP contribution in [-0.2, 0) is 22.6 Å². The van der Waals surface area contributed by atoms with E-state index in [1.54, 1.807) is 23.1 Å². The third kappa shape index (κ3) is 6.70. The van der Waals surface area contributed by atoms with Crippen LogP contribution >= 0.6 is 0 Å². The molecule has 4 nitrogen and oxygen atoms in total. The quantitative estimate of drug-likeness (QED) is 0.752. The minimum absolute atomic E-state index is 0.0855. The van der Waals surface area contributed by atoms with E-state index in [0.29, 0.717) is 18.5 Å². The number of carbonyl (C=O) groups is 2. The number of carbonyl (C=O) groups excluding carboxylic acids is 2. The fraction of sp³-hybridized carbons (Fsp3) is 0.417. The molecule has 2 aromatic rings. The summed E-state index contributed by atoms with van der Waals surface area (Å²) in [6.07, 6.45) is 0.383. The van der Waals surface area contributed by atoms with Crippen LogP contribution in [0, 0.1) is 12.7 Å². The Kier molecular flexibility index (Phi) is 7.54. The average Bonchev–Trinajstić information content (AvgIpc) is 2.62. The Morgan fingerprint density at radius 1 is 1.10 bits per heavy atom. The largest absolute Gasteiger partial charge is 0.350 e. The molecular formula is C24H31FN2O2. The molecule has 5 heteroatoms. The zero-order valence-corrected chi connectivity index (χ0v) is 18.0. The molecule has 0 heterocycles. The van der Waals surface area contributed by atoms with Gasteiger partial charge < -0.3 is 10.2 Å². The van der Waals surface area contributed by atoms with Crippen LogP contribution in [0.4, 0.5) is 4.39 Å². The number of nitrogens with one attached hydrogen (secondary N) is 1. The molecule has 1 N–H and O–H groups in total. The normalized spacial score (nSPS) is 12.3. The van der Waals surface area contributed by atoms with Crippen molar-refractivity contribution in [2.45, 2.75) is 65.6 Å². The van der Waals surface area contributed by atoms with Gasteiger partial charge in [0.05, 0.1) is 6.42 Å². The molecule has 0 aliphatic rings. The number of amides is 2. The molecule has 2 rings (SSSR count). The van der Waals surface area contributed by atoms with Crippen LogP contribution < -0.4 is 5.32 Å². The number of nitrogens with zero attached hydrogens (tertiary/aromatic N) is 1. The predicted octanol–water partition coefficient (Wildman–Crippen LogP) is 4.40. The minimum Gasteiger partial charge on any atom is -0.350 e. The van der Waals surface area contributed by atoms with Gasteiger partial charge >= 0.3 is 0 Å². The molecule has 1 atom stereocenters. The molecule has 29 heavy (non-hydrogen) atoms. The van der Waals surface area contributed by atoms with Crippen molar-refractivity contribution in [3.63, 3.8) is 0 Å². The molecule has 0 fully saturated rings. The monoisotopic (exact) mass is 398 g/mol. The van der Waals surface area contributed by atoms with Crippen LogP contribution in [0.15, 0.2) is 48.5 Å². The SMILES string of the molecule is CCC(C(=O)NC(C)(C)C)N(Cc1cccc(C)c1)C(=O)Cc1ccccc1F. The number of hydrogen-bond donors (Lipinski definition) is 1. The first kappa shape index (κ1) is 22.6. The summed E-state index contributed by atoms with van der Waals surface area (Å²) in [6.45, 7) is 9.88. The molecule has 2 amide bonds. The number of aryl methyl sites for hydroxylation is 1. The molecule has 0 spiro atoms. The van der Waals surface area contributed by atoms with Crippen LogP contribution in [0.3, 0.4) is 0 Å². The molecule has 0 bridgehead atoms. The number of halogens is 1. The van der Waals surface area contributed by atoms with Gasteiger partial charge in [0, 0.05) is 12.1 Å². The van der Waals surface area contributed by atoms with E-state index in [4.69, 9.17) is 0 Å². The fourth-order valence-corrected chi connectivity index (χ4v) is 3.29. The number of rotatable bonds is 7. The maximum absolute atomic E-state index is 14.1. The Morgan fingerprint density at radius 3 is 2.38 bits per heavy atom. The van der Waals surface area contributed by atoms with E-state index >= 15 is 0 Å². The van der Waals surface area contributed by atoms with Gasteiger partial charge in [-0.2, -0.15) is 0 Å². The van der Waals surface area contributed by atoms with Crippen molar-refractivity contribution in [2.75, 3.05) is 0 Å². The second kappa shape index (κ2) is 9.68. The first-order chi connectivity index (χ1) is 13.6. The number of benzene rings is 2. The molecule has 1 unspecified atom stereocenters. The summed E-state index contributed by atoms with van der Waals surface area (Å²) in [5.41, 5.74) is 1.94. The van der Waals surface area contributed by atoms with Gasteiger partial charge in [-0.3, -0.25) is 9.59 Å². The first-order valence-corrected chi connectivity index (χ1v) is 10.0. The molecule has 2 aromatic carbocycles. The van der Waals surface area contributed by atoms with Gasteiger partial charge in [-0.05, 0) is 51.3 Å². The fourth-order valence-electron chi connectivity index (χ4n) is 3.29. The van der Waals surface area contributed by atoms with E-state index in [0.717, 1.165) is 11.1 Å². The van der Waals surface area contributed by atoms with Crippen molar-refractivity contribution < 1.29 is 14.0 Å². The molecule has 0 aliphatic carbocycles. The van der Waals surface area contributed by atoms with E-state index < -0.39 is 17.4 Å². The van der Waals surface area contributed by atoms with Crippen molar-refractivity contribution in [3.8, 4) is 0 Å². The number of hydrogen-bond acceptors (Lipinski definition) is 2. The van der Waals surface area contributed by atoms with Gasteiger partial charge in [-0.15, -0.1) is 0 Å². The summed E-state index contributed by atoms with van der Waals surface area (Å²) in [4.78, 5) is 27.7. The van der Waals surface area contributed by atoms with E-state index in [2.05, 4.69) is 5.32 Å². The molecule has 0 saturated heterocycles. The van der Waals surface area contributed by atoms with Crippen LogP contribution in [0.1, 0.15) is 50.8 Å². The Labute approximate surface area is 173 Å². The van der Waals surface area contributed by atoms with Crippen molar-refractivity contribution in [2.24, 2.45) is 0 Å². The topological polar surface area (TPSA) is 49.4 Å². The summed E-state index contributed by atoms with van der Waals surface area (Å²) in [6, 6.07) is 13.5. The second-order valence-corrected chi connectivity index (χ2v) is 8.44. The second-order valence-electron chi connectivity index (χ2n) is 8.44. The minimum atomic E-state index is -0.631. The first-order valence-electron chi connectivity index (χ1n) is 10.0. The highest BCUT2D eigenvalue weighted by Crippen LogP contribution is 2.17. The Hall–Kier alpha value is -2.69. The smallest absolute Gasteiger partial charge is 0.243 e. The van der Waals surface area contributed by atoms with Gasteiger partial charge in [0.2, 0.25) is 11.8 Å². The maximum atomic E-state index is 14.1. The lowest BCUT2D eigenvalue weighted by Gasteiger charge is -2.33. The molecule has 0 radical (unpaired) electrons. The van der Waals surface area contributed by atoms with Gasteiger partial charge in [-0.1, -0.05) is 55.0 Å². The summed E-state index contributed by atoms with van der Waals surface area (Å²) >= 11 is 0. The Morgan fingerprint density at radius 2 is 1.79 bits per heavy atom. The maximum Gasteiger partial charge on any atom is 0.243 e. The van der Waals surface area contributed by atoms with Crippen molar-refractivity contribution in [1.82, 2.24) is 10.2 Å². The van der Waals surface area contributed by atoms with Gasteiger partial charge in [-0.25, -0.2) is 4.39 Å². The lowest BCUT2D eigenvalue weighted by Crippen LogP contribution is -2.53. The van der Waals surface area contributed by atoms with Gasteiger partial charge in [0.25, 0.3) is 0 Å². The van der Waals surface area contributed by atoms with E-state index in [-0.39, 0.29) is 18.2 Å². The van der Waals surface area contributed by atoms with Crippen molar-refractivity contribution in [1.29, 1.82) is 0 Å². The predicted molar refractivity (Wildman–Crippen MR) is 114 cm³/mol. The molecule has 0 saturated carbocycles. The third-order valence-corrected chi connectivity index (χ3v) is 4.62. The highest BCUT2D eigenvalue weighted by Gasteiger charge is 2.30. The van der Waals surface area contributed by atoms with E-state index in [9.17, 15) is 14.0 Å². The van der Waals surface area contributed by atoms with Gasteiger partial charge in [0.15, 0.2) is 0 Å². The molecular weight excluding hydrogens is 367 g/mol. The standard InChI is InChI=1S/C24H31FN2O2/c1-6-21(23(29)26-24(3,4)5)27(16-18-11-9-10-17(2)14-18)22(28)15-19-12-7-8-13-20(19)25/h7-14,21H,6,15-16H2,1-5H3,(H,26,29). The molecule has 0 aromatic heterocycles. The highest BCUT2D eigenvalue weighted by molar-refractivity contribution is 5.88. The van der Waals surface area contributed by atoms with E-state index in [1.807, 2.05) is 58.9 Å². The summed E-state index contributed by atoms with van der Waals surface area (Å²) in [5, 5.41) is 2.97. The molecule has 0 aliphatic heterocycles. The van der Waals surface area contributed by atoms with Crippen LogP contribution in [-0.4, -0.2) is 28.3 Å². The zero-order valence-electron chi connectivity index (χ0n) is 18.0. The zero-order chi connectivity index (χ0) is 21.6. The molecule has 156 valence electrons. The van der Waals surface area contributed by atoms with Crippen molar-refractivity contribution >= 4 is 11.8 Å². The van der Waals surface area contributed by atoms with Crippen LogP contribution in [0.2, 0.25) is 0 Å². The van der Waals surface area contributed by atoms with Crippen molar-refractivity contribution in [3.05, 3.63) is 71.0 Å². The Balaban J connectivity index is 2.34. The van der Waals surface area contributed by atoms with Crippen LogP contribution in [0.5, 0.6) is 0 Å². The average molecular weight is 399 g/mol. The highest BCUT2D eigenvalue weighted by atomic mass is 19.1. The van der Waals surface area contributed by atoms with Crippen LogP contribution in [0.25, 0.3) is 0 Å². The van der Waals surface area contributed by atoms with E-state index in [1.165, 1.54) is 6.07 Å². The third-order valence-electron chi connectivity index (χ3n) is 4.62. The van der Waals surface area contributed by atoms with Gasteiger partial charge in [0.1, 0.15) is 11.9 Å². The lowest BCUT2D eigenvalue weighted by molar-refractivity contribution is -0.141. The Bertz CT molecular complexity index is 858.